The number of carboxylic acids is 1. The van der Waals surface area contributed by atoms with Crippen LogP contribution in [0.25, 0.3) is 0 Å². The van der Waals surface area contributed by atoms with Crippen LogP contribution in [0, 0.1) is 40.4 Å². The molecule has 0 saturated heterocycles. The molecule has 6 heteroatoms. The Kier molecular flexibility index (Phi) is 1.17. The number of esters is 2. The van der Waals surface area contributed by atoms with E-state index < -0.39 is 28.4 Å². The minimum Gasteiger partial charge on any atom is -0.481 e. The average Bonchev–Trinajstić information content (AvgIpc) is 2.35. The molecule has 0 spiro atoms. The smallest absolute Gasteiger partial charge is 0.314 e. The van der Waals surface area contributed by atoms with Crippen molar-refractivity contribution in [3.05, 3.63) is 0 Å². The second kappa shape index (κ2) is 2.17. The summed E-state index contributed by atoms with van der Waals surface area (Å²) in [5.74, 6) is -1.64. The Morgan fingerprint density at radius 1 is 1.11 bits per heavy atom. The van der Waals surface area contributed by atoms with Gasteiger partial charge in [0.1, 0.15) is 11.0 Å². The summed E-state index contributed by atoms with van der Waals surface area (Å²) in [5.41, 5.74) is -2.30. The lowest BCUT2D eigenvalue weighted by molar-refractivity contribution is -0.673. The molecule has 6 saturated carbocycles. The van der Waals surface area contributed by atoms with E-state index in [1.165, 1.54) is 14.0 Å². The maximum atomic E-state index is 12.0. The molecule has 6 rings (SSSR count). The lowest BCUT2D eigenvalue weighted by atomic mass is 8.90. The van der Waals surface area contributed by atoms with Crippen LogP contribution in [-0.4, -0.2) is 35.7 Å². The standard InChI is InChI=1S/C13H12O6/c1-3(14)19-13-7-5-4-6(12(5,13)9(15)16)8(13)11(4,7)10(17)18-2/h4-8H,1-2H3,(H,15,16). The third kappa shape index (κ3) is 0.478. The number of rotatable bonds is 3. The number of carboxylic acid groups (broad SMARTS) is 1. The number of aliphatic carboxylic acids is 1. The van der Waals surface area contributed by atoms with Gasteiger partial charge < -0.3 is 14.6 Å². The minimum atomic E-state index is -0.900. The quantitative estimate of drug-likeness (QED) is 0.702. The zero-order valence-electron chi connectivity index (χ0n) is 10.4. The normalized spacial score (nSPS) is 63.2. The van der Waals surface area contributed by atoms with Crippen molar-refractivity contribution in [1.82, 2.24) is 0 Å². The molecule has 0 bridgehead atoms. The van der Waals surface area contributed by atoms with Crippen molar-refractivity contribution in [2.75, 3.05) is 7.11 Å². The molecular weight excluding hydrogens is 252 g/mol. The molecule has 0 aromatic heterocycles. The molecule has 0 aliphatic heterocycles. The van der Waals surface area contributed by atoms with E-state index in [9.17, 15) is 19.5 Å². The number of ether oxygens (including phenoxy) is 2. The highest BCUT2D eigenvalue weighted by Gasteiger charge is 3.21. The van der Waals surface area contributed by atoms with Gasteiger partial charge in [0.05, 0.1) is 12.5 Å². The monoisotopic (exact) mass is 264 g/mol. The second-order valence-corrected chi connectivity index (χ2v) is 6.52. The molecule has 4 unspecified atom stereocenters. The van der Waals surface area contributed by atoms with Gasteiger partial charge in [-0.05, 0) is 17.8 Å². The van der Waals surface area contributed by atoms with E-state index >= 15 is 0 Å². The molecule has 19 heavy (non-hydrogen) atoms. The molecule has 0 aromatic rings. The summed E-state index contributed by atoms with van der Waals surface area (Å²) < 4.78 is 10.3. The van der Waals surface area contributed by atoms with Crippen molar-refractivity contribution in [3.8, 4) is 0 Å². The molecular formula is C13H12O6. The van der Waals surface area contributed by atoms with Crippen LogP contribution in [0.2, 0.25) is 0 Å². The van der Waals surface area contributed by atoms with E-state index in [4.69, 9.17) is 9.47 Å². The van der Waals surface area contributed by atoms with Crippen molar-refractivity contribution in [1.29, 1.82) is 0 Å². The van der Waals surface area contributed by atoms with Gasteiger partial charge in [0, 0.05) is 18.8 Å². The van der Waals surface area contributed by atoms with Gasteiger partial charge in [-0.25, -0.2) is 0 Å². The Balaban J connectivity index is 1.60. The van der Waals surface area contributed by atoms with Crippen LogP contribution in [0.15, 0.2) is 0 Å². The molecule has 100 valence electrons. The molecule has 0 heterocycles. The lowest BCUT2D eigenvalue weighted by Gasteiger charge is -3.10. The number of hydrogen-bond donors (Lipinski definition) is 1. The molecule has 6 aliphatic carbocycles. The largest absolute Gasteiger partial charge is 0.481 e. The third-order valence-corrected chi connectivity index (χ3v) is 6.90. The molecule has 6 nitrogen and oxygen atoms in total. The summed E-state index contributed by atoms with van der Waals surface area (Å²) >= 11 is 0. The molecule has 6 aliphatic rings. The van der Waals surface area contributed by atoms with Crippen LogP contribution in [0.4, 0.5) is 0 Å². The van der Waals surface area contributed by atoms with Gasteiger partial charge in [-0.3, -0.25) is 14.4 Å². The fourth-order valence-electron chi connectivity index (χ4n) is 7.05. The van der Waals surface area contributed by atoms with Crippen molar-refractivity contribution < 1.29 is 29.0 Å². The highest BCUT2D eigenvalue weighted by atomic mass is 16.6. The van der Waals surface area contributed by atoms with Crippen LogP contribution in [0.1, 0.15) is 6.92 Å². The van der Waals surface area contributed by atoms with Gasteiger partial charge in [0.2, 0.25) is 0 Å². The summed E-state index contributed by atoms with van der Waals surface area (Å²) in [6.07, 6.45) is 0. The van der Waals surface area contributed by atoms with Gasteiger partial charge in [0.25, 0.3) is 0 Å². The van der Waals surface area contributed by atoms with Gasteiger partial charge in [-0.2, -0.15) is 0 Å². The SMILES string of the molecule is COC(=O)C12C3C4C1C1(OC(C)=O)C2C3C41C(=O)O. The fourth-order valence-corrected chi connectivity index (χ4v) is 7.05. The Morgan fingerprint density at radius 2 is 1.68 bits per heavy atom. The Labute approximate surface area is 108 Å². The van der Waals surface area contributed by atoms with Gasteiger partial charge in [-0.1, -0.05) is 0 Å². The van der Waals surface area contributed by atoms with Crippen molar-refractivity contribution >= 4 is 17.9 Å². The number of hydrogen-bond acceptors (Lipinski definition) is 5. The highest BCUT2D eigenvalue weighted by molar-refractivity contribution is 5.99. The first kappa shape index (κ1) is 10.2. The second-order valence-electron chi connectivity index (χ2n) is 6.52. The topological polar surface area (TPSA) is 89.9 Å². The summed E-state index contributed by atoms with van der Waals surface area (Å²) in [7, 11) is 1.36. The first-order valence-corrected chi connectivity index (χ1v) is 6.46. The molecule has 0 amide bonds. The predicted molar refractivity (Wildman–Crippen MR) is 56.5 cm³/mol. The van der Waals surface area contributed by atoms with Crippen molar-refractivity contribution in [2.24, 2.45) is 40.4 Å². The summed E-state index contributed by atoms with van der Waals surface area (Å²) in [5, 5.41) is 9.52. The fraction of sp³-hybridized carbons (Fsp3) is 0.769. The zero-order valence-corrected chi connectivity index (χ0v) is 10.4. The van der Waals surface area contributed by atoms with E-state index in [2.05, 4.69) is 0 Å². The predicted octanol–water partition coefficient (Wildman–Crippen LogP) is -0.332. The lowest BCUT2D eigenvalue weighted by Crippen LogP contribution is -3.19. The van der Waals surface area contributed by atoms with Crippen LogP contribution >= 0.6 is 0 Å². The maximum Gasteiger partial charge on any atom is 0.314 e. The number of methoxy groups -OCH3 is 1. The van der Waals surface area contributed by atoms with E-state index in [-0.39, 0.29) is 35.6 Å². The summed E-state index contributed by atoms with van der Waals surface area (Å²) in [4.78, 5) is 34.9. The number of carbonyl (C=O) groups is 3. The zero-order chi connectivity index (χ0) is 13.5. The van der Waals surface area contributed by atoms with Crippen LogP contribution in [0.5, 0.6) is 0 Å². The third-order valence-electron chi connectivity index (χ3n) is 6.90. The first-order chi connectivity index (χ1) is 8.95. The molecule has 4 atom stereocenters. The minimum absolute atomic E-state index is 0.0125. The molecule has 1 N–H and O–H groups in total. The van der Waals surface area contributed by atoms with E-state index in [1.54, 1.807) is 0 Å². The molecule has 0 radical (unpaired) electrons. The van der Waals surface area contributed by atoms with E-state index in [0.29, 0.717) is 0 Å². The summed E-state index contributed by atoms with van der Waals surface area (Å²) in [6, 6.07) is 0. The summed E-state index contributed by atoms with van der Waals surface area (Å²) in [6.45, 7) is 1.29. The van der Waals surface area contributed by atoms with Crippen molar-refractivity contribution in [2.45, 2.75) is 12.5 Å². The number of carbonyl (C=O) groups excluding carboxylic acids is 2. The van der Waals surface area contributed by atoms with Crippen LogP contribution < -0.4 is 0 Å². The van der Waals surface area contributed by atoms with E-state index in [0.717, 1.165) is 0 Å². The molecule has 6 fully saturated rings. The van der Waals surface area contributed by atoms with Gasteiger partial charge >= 0.3 is 17.9 Å². The Bertz CT molecular complexity index is 586. The van der Waals surface area contributed by atoms with Crippen LogP contribution in [-0.2, 0) is 23.9 Å². The highest BCUT2D eigenvalue weighted by Crippen LogP contribution is 3.12. The van der Waals surface area contributed by atoms with E-state index in [1.807, 2.05) is 0 Å². The van der Waals surface area contributed by atoms with Gasteiger partial charge in [-0.15, -0.1) is 0 Å². The van der Waals surface area contributed by atoms with Crippen molar-refractivity contribution in [3.63, 3.8) is 0 Å². The average molecular weight is 264 g/mol. The maximum absolute atomic E-state index is 12.0. The van der Waals surface area contributed by atoms with Gasteiger partial charge in [0.15, 0.2) is 0 Å². The Morgan fingerprint density at radius 3 is 2.11 bits per heavy atom. The molecule has 0 aromatic carbocycles. The first-order valence-electron chi connectivity index (χ1n) is 6.46. The van der Waals surface area contributed by atoms with Crippen LogP contribution in [0.3, 0.4) is 0 Å². The Hall–Kier alpha value is -1.59.